The molecule has 2 N–H and O–H groups in total. The molecular weight excluding hydrogens is 278 g/mol. The summed E-state index contributed by atoms with van der Waals surface area (Å²) in [6.45, 7) is 2.67. The fourth-order valence-electron chi connectivity index (χ4n) is 2.06. The Morgan fingerprint density at radius 2 is 2.10 bits per heavy atom. The molecule has 2 aromatic rings. The summed E-state index contributed by atoms with van der Waals surface area (Å²) in [5.74, 6) is 0.749. The lowest BCUT2D eigenvalue weighted by Crippen LogP contribution is -2.12. The van der Waals surface area contributed by atoms with Crippen LogP contribution < -0.4 is 5.14 Å². The van der Waals surface area contributed by atoms with Gasteiger partial charge in [-0.2, -0.15) is 5.10 Å². The second kappa shape index (κ2) is 5.76. The fourth-order valence-corrected chi connectivity index (χ4v) is 2.57. The molecule has 0 radical (unpaired) electrons. The highest BCUT2D eigenvalue weighted by Crippen LogP contribution is 2.11. The van der Waals surface area contributed by atoms with Crippen molar-refractivity contribution in [2.75, 3.05) is 0 Å². The number of nitrogens with zero attached hydrogens (tertiary/aromatic N) is 4. The SMILES string of the molecule is CCCc1nc(S(N)(=O)=O)cn1CCc1ccnn1C. The van der Waals surface area contributed by atoms with Crippen molar-refractivity contribution < 1.29 is 8.42 Å². The number of rotatable bonds is 6. The van der Waals surface area contributed by atoms with E-state index in [-0.39, 0.29) is 5.03 Å². The first-order chi connectivity index (χ1) is 9.41. The van der Waals surface area contributed by atoms with Crippen LogP contribution in [0.4, 0.5) is 0 Å². The quantitative estimate of drug-likeness (QED) is 0.837. The summed E-state index contributed by atoms with van der Waals surface area (Å²) in [4.78, 5) is 4.12. The number of imidazole rings is 1. The van der Waals surface area contributed by atoms with E-state index in [1.165, 1.54) is 6.20 Å². The molecule has 0 bridgehead atoms. The molecule has 0 aromatic carbocycles. The molecule has 8 heteroatoms. The summed E-state index contributed by atoms with van der Waals surface area (Å²) in [5, 5.41) is 9.18. The van der Waals surface area contributed by atoms with Gasteiger partial charge in [-0.3, -0.25) is 4.68 Å². The minimum Gasteiger partial charge on any atom is -0.333 e. The van der Waals surface area contributed by atoms with Gasteiger partial charge >= 0.3 is 0 Å². The van der Waals surface area contributed by atoms with E-state index in [2.05, 4.69) is 10.1 Å². The molecule has 2 heterocycles. The standard InChI is InChI=1S/C12H19N5O2S/c1-3-4-11-15-12(20(13,18)19)9-17(11)8-6-10-5-7-14-16(10)2/h5,7,9H,3-4,6,8H2,1-2H3,(H2,13,18,19). The molecule has 0 spiro atoms. The number of primary sulfonamides is 1. The fraction of sp³-hybridized carbons (Fsp3) is 0.500. The van der Waals surface area contributed by atoms with E-state index in [1.807, 2.05) is 24.6 Å². The normalized spacial score (nSPS) is 11.9. The van der Waals surface area contributed by atoms with Crippen LogP contribution in [-0.2, 0) is 36.5 Å². The lowest BCUT2D eigenvalue weighted by molar-refractivity contribution is 0.594. The molecule has 0 saturated carbocycles. The highest BCUT2D eigenvalue weighted by molar-refractivity contribution is 7.89. The van der Waals surface area contributed by atoms with Crippen LogP contribution in [0.3, 0.4) is 0 Å². The molecule has 0 aliphatic rings. The first-order valence-electron chi connectivity index (χ1n) is 6.47. The van der Waals surface area contributed by atoms with E-state index < -0.39 is 10.0 Å². The zero-order valence-electron chi connectivity index (χ0n) is 11.7. The van der Waals surface area contributed by atoms with Gasteiger partial charge in [0.15, 0.2) is 5.03 Å². The van der Waals surface area contributed by atoms with Crippen LogP contribution in [0.25, 0.3) is 0 Å². The summed E-state index contributed by atoms with van der Waals surface area (Å²) in [6.07, 6.45) is 5.63. The molecular formula is C12H19N5O2S. The second-order valence-electron chi connectivity index (χ2n) is 4.68. The first kappa shape index (κ1) is 14.7. The van der Waals surface area contributed by atoms with Gasteiger partial charge in [-0.25, -0.2) is 18.5 Å². The average Bonchev–Trinajstić information content (AvgIpc) is 2.93. The van der Waals surface area contributed by atoms with Gasteiger partial charge in [0.25, 0.3) is 10.0 Å². The maximum Gasteiger partial charge on any atom is 0.257 e. The van der Waals surface area contributed by atoms with Crippen LogP contribution in [0.1, 0.15) is 24.9 Å². The van der Waals surface area contributed by atoms with Crippen molar-refractivity contribution in [2.45, 2.75) is 37.8 Å². The smallest absolute Gasteiger partial charge is 0.257 e. The summed E-state index contributed by atoms with van der Waals surface area (Å²) in [7, 11) is -1.87. The van der Waals surface area contributed by atoms with Crippen molar-refractivity contribution in [3.63, 3.8) is 0 Å². The van der Waals surface area contributed by atoms with Crippen LogP contribution in [0.2, 0.25) is 0 Å². The molecule has 7 nitrogen and oxygen atoms in total. The van der Waals surface area contributed by atoms with Crippen molar-refractivity contribution in [2.24, 2.45) is 12.2 Å². The third-order valence-electron chi connectivity index (χ3n) is 3.13. The van der Waals surface area contributed by atoms with E-state index in [0.717, 1.165) is 30.8 Å². The minimum absolute atomic E-state index is 0.0639. The van der Waals surface area contributed by atoms with Gasteiger partial charge in [0.2, 0.25) is 0 Å². The molecule has 2 rings (SSSR count). The molecule has 0 atom stereocenters. The minimum atomic E-state index is -3.75. The van der Waals surface area contributed by atoms with Crippen LogP contribution in [0.5, 0.6) is 0 Å². The lowest BCUT2D eigenvalue weighted by Gasteiger charge is -2.07. The van der Waals surface area contributed by atoms with Gasteiger partial charge in [-0.1, -0.05) is 6.92 Å². The van der Waals surface area contributed by atoms with Gasteiger partial charge in [-0.05, 0) is 12.5 Å². The maximum atomic E-state index is 11.4. The highest BCUT2D eigenvalue weighted by Gasteiger charge is 2.16. The first-order valence-corrected chi connectivity index (χ1v) is 8.02. The number of aromatic nitrogens is 4. The molecule has 0 fully saturated rings. The Kier molecular flexibility index (Phi) is 4.24. The average molecular weight is 297 g/mol. The highest BCUT2D eigenvalue weighted by atomic mass is 32.2. The van der Waals surface area contributed by atoms with Crippen LogP contribution >= 0.6 is 0 Å². The van der Waals surface area contributed by atoms with E-state index in [4.69, 9.17) is 5.14 Å². The topological polar surface area (TPSA) is 95.8 Å². The monoisotopic (exact) mass is 297 g/mol. The van der Waals surface area contributed by atoms with Gasteiger partial charge in [0.05, 0.1) is 0 Å². The van der Waals surface area contributed by atoms with E-state index in [1.54, 1.807) is 10.9 Å². The Balaban J connectivity index is 2.21. The van der Waals surface area contributed by atoms with E-state index >= 15 is 0 Å². The molecule has 110 valence electrons. The summed E-state index contributed by atoms with van der Waals surface area (Å²) in [6, 6.07) is 1.94. The van der Waals surface area contributed by atoms with Crippen molar-refractivity contribution >= 4 is 10.0 Å². The zero-order chi connectivity index (χ0) is 14.8. The van der Waals surface area contributed by atoms with E-state index in [9.17, 15) is 8.42 Å². The van der Waals surface area contributed by atoms with Gasteiger partial charge < -0.3 is 4.57 Å². The van der Waals surface area contributed by atoms with Crippen LogP contribution in [0.15, 0.2) is 23.5 Å². The third kappa shape index (κ3) is 3.26. The van der Waals surface area contributed by atoms with Crippen molar-refractivity contribution in [3.05, 3.63) is 30.0 Å². The molecule has 0 saturated heterocycles. The molecule has 0 aliphatic carbocycles. The van der Waals surface area contributed by atoms with Gasteiger partial charge in [0, 0.05) is 44.5 Å². The summed E-state index contributed by atoms with van der Waals surface area (Å²) < 4.78 is 26.4. The van der Waals surface area contributed by atoms with Gasteiger partial charge in [-0.15, -0.1) is 0 Å². The zero-order valence-corrected chi connectivity index (χ0v) is 12.5. The largest absolute Gasteiger partial charge is 0.333 e. The van der Waals surface area contributed by atoms with Crippen molar-refractivity contribution in [1.29, 1.82) is 0 Å². The van der Waals surface area contributed by atoms with Crippen LogP contribution in [0, 0.1) is 0 Å². The Labute approximate surface area is 118 Å². The van der Waals surface area contributed by atoms with E-state index in [0.29, 0.717) is 6.54 Å². The van der Waals surface area contributed by atoms with Crippen molar-refractivity contribution in [1.82, 2.24) is 19.3 Å². The number of hydrogen-bond donors (Lipinski definition) is 1. The lowest BCUT2D eigenvalue weighted by atomic mass is 10.3. The summed E-state index contributed by atoms with van der Waals surface area (Å²) in [5.41, 5.74) is 1.08. The molecule has 2 aromatic heterocycles. The Morgan fingerprint density at radius 3 is 2.65 bits per heavy atom. The predicted molar refractivity (Wildman–Crippen MR) is 74.5 cm³/mol. The number of nitrogens with two attached hydrogens (primary N) is 1. The van der Waals surface area contributed by atoms with Crippen molar-refractivity contribution in [3.8, 4) is 0 Å². The number of hydrogen-bond acceptors (Lipinski definition) is 4. The van der Waals surface area contributed by atoms with Crippen LogP contribution in [-0.4, -0.2) is 27.7 Å². The van der Waals surface area contributed by atoms with Gasteiger partial charge in [0.1, 0.15) is 5.82 Å². The molecule has 0 amide bonds. The Bertz CT molecular complexity index is 687. The second-order valence-corrected chi connectivity index (χ2v) is 6.19. The molecule has 0 unspecified atom stereocenters. The third-order valence-corrected chi connectivity index (χ3v) is 3.91. The number of aryl methyl sites for hydroxylation is 4. The summed E-state index contributed by atoms with van der Waals surface area (Å²) >= 11 is 0. The Hall–Kier alpha value is -1.67. The molecule has 0 aliphatic heterocycles. The number of sulfonamides is 1. The Morgan fingerprint density at radius 1 is 1.35 bits per heavy atom. The maximum absolute atomic E-state index is 11.4. The molecule has 20 heavy (non-hydrogen) atoms. The predicted octanol–water partition coefficient (Wildman–Crippen LogP) is 0.459.